The lowest BCUT2D eigenvalue weighted by molar-refractivity contribution is 0.157. The van der Waals surface area contributed by atoms with Crippen molar-refractivity contribution in [1.29, 1.82) is 0 Å². The molecular formula is C7H13FN2. The average molecular weight is 144 g/mol. The quantitative estimate of drug-likeness (QED) is 0.503. The molecule has 0 spiro atoms. The molecule has 1 heterocycles. The van der Waals surface area contributed by atoms with E-state index in [-0.39, 0.29) is 12.0 Å². The van der Waals surface area contributed by atoms with Crippen molar-refractivity contribution in [3.63, 3.8) is 0 Å². The van der Waals surface area contributed by atoms with Gasteiger partial charge in [-0.1, -0.05) is 0 Å². The molecule has 2 rings (SSSR count). The molecule has 0 aromatic rings. The van der Waals surface area contributed by atoms with Crippen molar-refractivity contribution in [2.24, 2.45) is 11.7 Å². The third-order valence-corrected chi connectivity index (χ3v) is 2.73. The topological polar surface area (TPSA) is 38.0 Å². The molecule has 1 aliphatic carbocycles. The van der Waals surface area contributed by atoms with E-state index in [9.17, 15) is 4.39 Å². The van der Waals surface area contributed by atoms with Gasteiger partial charge in [-0.2, -0.15) is 0 Å². The molecule has 0 aromatic heterocycles. The summed E-state index contributed by atoms with van der Waals surface area (Å²) in [4.78, 5) is 0. The first-order valence-corrected chi connectivity index (χ1v) is 3.86. The minimum absolute atomic E-state index is 0.108. The molecule has 0 bridgehead atoms. The van der Waals surface area contributed by atoms with Gasteiger partial charge in [0.15, 0.2) is 0 Å². The minimum atomic E-state index is -0.959. The van der Waals surface area contributed by atoms with E-state index >= 15 is 0 Å². The van der Waals surface area contributed by atoms with Crippen LogP contribution in [0.4, 0.5) is 4.39 Å². The van der Waals surface area contributed by atoms with Crippen molar-refractivity contribution in [2.45, 2.75) is 24.6 Å². The van der Waals surface area contributed by atoms with Crippen molar-refractivity contribution in [3.05, 3.63) is 0 Å². The van der Waals surface area contributed by atoms with Crippen LogP contribution in [0.15, 0.2) is 0 Å². The molecule has 2 fully saturated rings. The Morgan fingerprint density at radius 2 is 2.40 bits per heavy atom. The zero-order valence-electron chi connectivity index (χ0n) is 5.94. The van der Waals surface area contributed by atoms with Crippen LogP contribution in [-0.2, 0) is 0 Å². The maximum atomic E-state index is 13.6. The van der Waals surface area contributed by atoms with Gasteiger partial charge in [-0.15, -0.1) is 0 Å². The summed E-state index contributed by atoms with van der Waals surface area (Å²) in [6.07, 6.45) is 1.42. The Kier molecular flexibility index (Phi) is 1.26. The normalized spacial score (nSPS) is 53.4. The van der Waals surface area contributed by atoms with Crippen molar-refractivity contribution in [3.8, 4) is 0 Å². The predicted octanol–water partition coefficient (Wildman–Crippen LogP) is 0.0352. The van der Waals surface area contributed by atoms with Crippen molar-refractivity contribution in [2.75, 3.05) is 13.1 Å². The summed E-state index contributed by atoms with van der Waals surface area (Å²) in [5, 5.41) is 3.05. The molecule has 3 heteroatoms. The molecule has 2 nitrogen and oxygen atoms in total. The number of hydrogen-bond acceptors (Lipinski definition) is 2. The summed E-state index contributed by atoms with van der Waals surface area (Å²) in [6, 6.07) is 0.108. The monoisotopic (exact) mass is 144 g/mol. The van der Waals surface area contributed by atoms with Gasteiger partial charge in [0.2, 0.25) is 0 Å². The second kappa shape index (κ2) is 1.92. The molecule has 10 heavy (non-hydrogen) atoms. The molecular weight excluding hydrogens is 131 g/mol. The fourth-order valence-electron chi connectivity index (χ4n) is 2.20. The summed E-state index contributed by atoms with van der Waals surface area (Å²) in [5.41, 5.74) is 4.68. The lowest BCUT2D eigenvalue weighted by Crippen LogP contribution is -2.29. The second-order valence-corrected chi connectivity index (χ2v) is 3.56. The van der Waals surface area contributed by atoms with Crippen molar-refractivity contribution in [1.82, 2.24) is 5.32 Å². The van der Waals surface area contributed by atoms with Crippen LogP contribution in [0.1, 0.15) is 12.8 Å². The van der Waals surface area contributed by atoms with E-state index in [1.54, 1.807) is 0 Å². The Balaban J connectivity index is 2.15. The highest BCUT2D eigenvalue weighted by Crippen LogP contribution is 2.40. The molecule has 3 N–H and O–H groups in total. The standard InChI is InChI=1S/C7H13FN2/c8-7-2-6(9)1-5(7)3-10-4-7/h5-6,10H,1-4,9H2. The molecule has 3 unspecified atom stereocenters. The lowest BCUT2D eigenvalue weighted by Gasteiger charge is -2.16. The van der Waals surface area contributed by atoms with Crippen molar-refractivity contribution < 1.29 is 4.39 Å². The number of hydrogen-bond donors (Lipinski definition) is 2. The van der Waals surface area contributed by atoms with Crippen LogP contribution in [0.25, 0.3) is 0 Å². The first kappa shape index (κ1) is 6.55. The molecule has 1 saturated heterocycles. The number of nitrogens with one attached hydrogen (secondary N) is 1. The fourth-order valence-corrected chi connectivity index (χ4v) is 2.20. The third kappa shape index (κ3) is 0.772. The second-order valence-electron chi connectivity index (χ2n) is 3.56. The maximum absolute atomic E-state index is 13.6. The van der Waals surface area contributed by atoms with Crippen LogP contribution in [0.2, 0.25) is 0 Å². The van der Waals surface area contributed by atoms with Crippen LogP contribution in [0, 0.1) is 5.92 Å². The van der Waals surface area contributed by atoms with Gasteiger partial charge in [-0.3, -0.25) is 0 Å². The summed E-state index contributed by atoms with van der Waals surface area (Å²) in [7, 11) is 0. The van der Waals surface area contributed by atoms with E-state index in [1.165, 1.54) is 0 Å². The van der Waals surface area contributed by atoms with E-state index in [4.69, 9.17) is 5.73 Å². The average Bonchev–Trinajstić information content (AvgIpc) is 2.20. The summed E-state index contributed by atoms with van der Waals surface area (Å²) in [6.45, 7) is 1.34. The highest BCUT2D eigenvalue weighted by Gasteiger charge is 2.49. The van der Waals surface area contributed by atoms with E-state index < -0.39 is 5.67 Å². The molecule has 0 amide bonds. The number of rotatable bonds is 0. The number of halogens is 1. The predicted molar refractivity (Wildman–Crippen MR) is 37.4 cm³/mol. The van der Waals surface area contributed by atoms with E-state index in [0.717, 1.165) is 13.0 Å². The zero-order valence-corrected chi connectivity index (χ0v) is 5.94. The van der Waals surface area contributed by atoms with E-state index in [0.29, 0.717) is 13.0 Å². The Bertz CT molecular complexity index is 151. The molecule has 0 aromatic carbocycles. The minimum Gasteiger partial charge on any atom is -0.328 e. The Morgan fingerprint density at radius 1 is 1.60 bits per heavy atom. The Labute approximate surface area is 60.0 Å². The van der Waals surface area contributed by atoms with Crippen molar-refractivity contribution >= 4 is 0 Å². The highest BCUT2D eigenvalue weighted by molar-refractivity contribution is 5.04. The summed E-state index contributed by atoms with van der Waals surface area (Å²) < 4.78 is 13.6. The van der Waals surface area contributed by atoms with Gasteiger partial charge in [0.25, 0.3) is 0 Å². The molecule has 2 aliphatic rings. The highest BCUT2D eigenvalue weighted by atomic mass is 19.1. The van der Waals surface area contributed by atoms with Crippen LogP contribution in [0.3, 0.4) is 0 Å². The van der Waals surface area contributed by atoms with Crippen LogP contribution in [0.5, 0.6) is 0 Å². The van der Waals surface area contributed by atoms with Gasteiger partial charge < -0.3 is 11.1 Å². The largest absolute Gasteiger partial charge is 0.328 e. The van der Waals surface area contributed by atoms with E-state index in [1.807, 2.05) is 0 Å². The molecule has 1 saturated carbocycles. The first-order valence-electron chi connectivity index (χ1n) is 3.86. The molecule has 58 valence electrons. The third-order valence-electron chi connectivity index (χ3n) is 2.73. The fraction of sp³-hybridized carbons (Fsp3) is 1.00. The van der Waals surface area contributed by atoms with Crippen LogP contribution >= 0.6 is 0 Å². The maximum Gasteiger partial charge on any atom is 0.128 e. The molecule has 3 atom stereocenters. The van der Waals surface area contributed by atoms with E-state index in [2.05, 4.69) is 5.32 Å². The van der Waals surface area contributed by atoms with Gasteiger partial charge in [-0.25, -0.2) is 4.39 Å². The first-order chi connectivity index (χ1) is 4.71. The summed E-state index contributed by atoms with van der Waals surface area (Å²) >= 11 is 0. The van der Waals surface area contributed by atoms with Gasteiger partial charge >= 0.3 is 0 Å². The van der Waals surface area contributed by atoms with Gasteiger partial charge in [0, 0.05) is 25.0 Å². The van der Waals surface area contributed by atoms with Gasteiger partial charge in [0.1, 0.15) is 5.67 Å². The Morgan fingerprint density at radius 3 is 3.10 bits per heavy atom. The number of alkyl halides is 1. The Hall–Kier alpha value is -0.150. The molecule has 1 aliphatic heterocycles. The molecule has 0 radical (unpaired) electrons. The van der Waals surface area contributed by atoms with Gasteiger partial charge in [-0.05, 0) is 12.8 Å². The van der Waals surface area contributed by atoms with Crippen LogP contribution in [-0.4, -0.2) is 24.8 Å². The summed E-state index contributed by atoms with van der Waals surface area (Å²) in [5.74, 6) is 0.197. The number of nitrogens with two attached hydrogens (primary N) is 1. The lowest BCUT2D eigenvalue weighted by atomic mass is 9.97. The van der Waals surface area contributed by atoms with Crippen LogP contribution < -0.4 is 11.1 Å². The number of fused-ring (bicyclic) bond motifs is 1. The SMILES string of the molecule is NC1CC2CNCC2(F)C1. The van der Waals surface area contributed by atoms with Gasteiger partial charge in [0.05, 0.1) is 0 Å². The zero-order chi connectivity index (χ0) is 7.19. The smallest absolute Gasteiger partial charge is 0.128 e.